The Kier molecular flexibility index (Phi) is 6.59. The summed E-state index contributed by atoms with van der Waals surface area (Å²) in [6, 6.07) is 0. The Morgan fingerprint density at radius 3 is 2.86 bits per heavy atom. The number of hydrogen-bond donors (Lipinski definition) is 1. The van der Waals surface area contributed by atoms with E-state index in [0.717, 1.165) is 12.2 Å². The standard InChI is InChI=1S/C5H10S2/c1-7-5-3-2-4-6/h5-6H,1-4H2. The van der Waals surface area contributed by atoms with Crippen molar-refractivity contribution in [1.82, 2.24) is 0 Å². The molecule has 0 aliphatic rings. The SMILES string of the molecule is C=S=CCCCS. The smallest absolute Gasteiger partial charge is 0.00947 e. The van der Waals surface area contributed by atoms with E-state index in [1.807, 2.05) is 0 Å². The summed E-state index contributed by atoms with van der Waals surface area (Å²) in [4.78, 5) is 0. The van der Waals surface area contributed by atoms with E-state index < -0.39 is 0 Å². The van der Waals surface area contributed by atoms with Crippen LogP contribution in [0.5, 0.6) is 0 Å². The van der Waals surface area contributed by atoms with Crippen LogP contribution < -0.4 is 0 Å². The maximum Gasteiger partial charge on any atom is -0.00947 e. The van der Waals surface area contributed by atoms with Gasteiger partial charge in [-0.05, 0) is 29.8 Å². The molecule has 0 atom stereocenters. The molecule has 0 bridgehead atoms. The Hall–Kier alpha value is 0.310. The van der Waals surface area contributed by atoms with E-state index in [-0.39, 0.29) is 0 Å². The topological polar surface area (TPSA) is 0 Å². The van der Waals surface area contributed by atoms with E-state index in [4.69, 9.17) is 0 Å². The molecular formula is C5H10S2. The highest BCUT2D eigenvalue weighted by atomic mass is 32.1. The number of rotatable bonds is 3. The molecule has 0 radical (unpaired) electrons. The highest BCUT2D eigenvalue weighted by Crippen LogP contribution is 1.86. The molecule has 0 N–H and O–H groups in total. The van der Waals surface area contributed by atoms with Gasteiger partial charge in [-0.25, -0.2) is 0 Å². The van der Waals surface area contributed by atoms with Gasteiger partial charge in [-0.2, -0.15) is 23.6 Å². The van der Waals surface area contributed by atoms with E-state index in [1.165, 1.54) is 17.4 Å². The summed E-state index contributed by atoms with van der Waals surface area (Å²) >= 11 is 4.04. The molecule has 7 heavy (non-hydrogen) atoms. The van der Waals surface area contributed by atoms with Crippen molar-refractivity contribution in [2.45, 2.75) is 12.8 Å². The number of hydrogen-bond acceptors (Lipinski definition) is 1. The second-order valence-corrected chi connectivity index (χ2v) is 2.31. The summed E-state index contributed by atoms with van der Waals surface area (Å²) in [6.07, 6.45) is 2.31. The first-order chi connectivity index (χ1) is 3.41. The third-order valence-corrected chi connectivity index (χ3v) is 1.39. The summed E-state index contributed by atoms with van der Waals surface area (Å²) in [5.41, 5.74) is 0. The Balaban J connectivity index is 2.83. The molecule has 0 unspecified atom stereocenters. The lowest BCUT2D eigenvalue weighted by Gasteiger charge is -1.81. The molecule has 0 saturated heterocycles. The van der Waals surface area contributed by atoms with E-state index in [9.17, 15) is 0 Å². The molecule has 0 amide bonds. The molecule has 0 aromatic rings. The van der Waals surface area contributed by atoms with Crippen LogP contribution in [0.3, 0.4) is 0 Å². The summed E-state index contributed by atoms with van der Waals surface area (Å²) < 4.78 is 0. The van der Waals surface area contributed by atoms with Crippen LogP contribution >= 0.6 is 23.6 Å². The Morgan fingerprint density at radius 2 is 2.43 bits per heavy atom. The fourth-order valence-corrected chi connectivity index (χ4v) is 0.774. The third kappa shape index (κ3) is 6.31. The first kappa shape index (κ1) is 7.31. The van der Waals surface area contributed by atoms with Crippen LogP contribution in [0, 0.1) is 0 Å². The second-order valence-electron chi connectivity index (χ2n) is 1.20. The molecule has 0 aliphatic carbocycles. The predicted octanol–water partition coefficient (Wildman–Crippen LogP) is 1.66. The predicted molar refractivity (Wildman–Crippen MR) is 43.9 cm³/mol. The molecule has 0 spiro atoms. The zero-order valence-electron chi connectivity index (χ0n) is 4.26. The van der Waals surface area contributed by atoms with E-state index >= 15 is 0 Å². The van der Waals surface area contributed by atoms with Crippen molar-refractivity contribution in [3.05, 3.63) is 0 Å². The van der Waals surface area contributed by atoms with Crippen molar-refractivity contribution in [2.24, 2.45) is 0 Å². The minimum Gasteiger partial charge on any atom is -0.179 e. The summed E-state index contributed by atoms with van der Waals surface area (Å²) in [7, 11) is 1.53. The molecule has 42 valence electrons. The quantitative estimate of drug-likeness (QED) is 0.339. The molecule has 0 rings (SSSR count). The van der Waals surface area contributed by atoms with E-state index in [1.54, 1.807) is 0 Å². The maximum atomic E-state index is 4.04. The molecule has 0 aromatic carbocycles. The third-order valence-electron chi connectivity index (χ3n) is 0.598. The molecule has 0 fully saturated rings. The van der Waals surface area contributed by atoms with Gasteiger partial charge >= 0.3 is 0 Å². The summed E-state index contributed by atoms with van der Waals surface area (Å²) in [5, 5.41) is 2.09. The summed E-state index contributed by atoms with van der Waals surface area (Å²) in [6.45, 7) is 0. The van der Waals surface area contributed by atoms with Crippen LogP contribution in [0.15, 0.2) is 0 Å². The van der Waals surface area contributed by atoms with Gasteiger partial charge in [-0.15, -0.1) is 0 Å². The second kappa shape index (κ2) is 6.31. The van der Waals surface area contributed by atoms with E-state index in [0.29, 0.717) is 0 Å². The van der Waals surface area contributed by atoms with Gasteiger partial charge in [0.1, 0.15) is 0 Å². The summed E-state index contributed by atoms with van der Waals surface area (Å²) in [5.74, 6) is 4.58. The van der Waals surface area contributed by atoms with Gasteiger partial charge in [0.05, 0.1) is 0 Å². The number of thiol groups is 1. The largest absolute Gasteiger partial charge is 0.179 e. The zero-order chi connectivity index (χ0) is 5.54. The van der Waals surface area contributed by atoms with Crippen LogP contribution in [0.25, 0.3) is 0 Å². The normalized spacial score (nSPS) is 8.14. The van der Waals surface area contributed by atoms with Crippen molar-refractivity contribution in [3.8, 4) is 0 Å². The van der Waals surface area contributed by atoms with Crippen molar-refractivity contribution in [1.29, 1.82) is 0 Å². The highest BCUT2D eigenvalue weighted by Gasteiger charge is 1.73. The van der Waals surface area contributed by atoms with Gasteiger partial charge in [0, 0.05) is 0 Å². The highest BCUT2D eigenvalue weighted by molar-refractivity contribution is 7.94. The Bertz CT molecular complexity index is 72.1. The minimum absolute atomic E-state index is 0.983. The van der Waals surface area contributed by atoms with Gasteiger partial charge < -0.3 is 0 Å². The van der Waals surface area contributed by atoms with Crippen molar-refractivity contribution >= 4 is 34.8 Å². The molecular weight excluding hydrogens is 124 g/mol. The molecule has 2 heteroatoms. The van der Waals surface area contributed by atoms with Crippen molar-refractivity contribution < 1.29 is 0 Å². The first-order valence-electron chi connectivity index (χ1n) is 2.25. The van der Waals surface area contributed by atoms with Gasteiger partial charge in [-0.1, -0.05) is 0 Å². The maximum absolute atomic E-state index is 4.04. The Labute approximate surface area is 53.9 Å². The van der Waals surface area contributed by atoms with Gasteiger partial charge in [0.15, 0.2) is 0 Å². The Morgan fingerprint density at radius 1 is 1.71 bits per heavy atom. The van der Waals surface area contributed by atoms with E-state index in [2.05, 4.69) is 23.9 Å². The lowest BCUT2D eigenvalue weighted by molar-refractivity contribution is 1.04. The van der Waals surface area contributed by atoms with Gasteiger partial charge in [0.25, 0.3) is 0 Å². The lowest BCUT2D eigenvalue weighted by Crippen LogP contribution is -1.73. The van der Waals surface area contributed by atoms with Crippen molar-refractivity contribution in [2.75, 3.05) is 5.75 Å². The lowest BCUT2D eigenvalue weighted by atomic mass is 10.4. The van der Waals surface area contributed by atoms with Crippen LogP contribution in [-0.2, 0) is 0 Å². The average Bonchev–Trinajstić information content (AvgIpc) is 1.69. The van der Waals surface area contributed by atoms with Gasteiger partial charge in [-0.3, -0.25) is 0 Å². The zero-order valence-corrected chi connectivity index (χ0v) is 5.97. The molecule has 0 aromatic heterocycles. The first-order valence-corrected chi connectivity index (χ1v) is 3.93. The van der Waals surface area contributed by atoms with Crippen LogP contribution in [-0.4, -0.2) is 17.0 Å². The molecule has 0 heterocycles. The molecule has 0 aliphatic heterocycles. The minimum atomic E-state index is 0.983. The van der Waals surface area contributed by atoms with Gasteiger partial charge in [0.2, 0.25) is 0 Å². The average molecular weight is 134 g/mol. The van der Waals surface area contributed by atoms with Crippen LogP contribution in [0.4, 0.5) is 0 Å². The van der Waals surface area contributed by atoms with Crippen LogP contribution in [0.2, 0.25) is 0 Å². The van der Waals surface area contributed by atoms with Crippen molar-refractivity contribution in [3.63, 3.8) is 0 Å². The monoisotopic (exact) mass is 134 g/mol. The molecule has 0 nitrogen and oxygen atoms in total. The molecule has 0 saturated carbocycles. The fourth-order valence-electron chi connectivity index (χ4n) is 0.258. The van der Waals surface area contributed by atoms with Crippen LogP contribution in [0.1, 0.15) is 12.8 Å². The fraction of sp³-hybridized carbons (Fsp3) is 0.600. The number of unbranched alkanes of at least 4 members (excludes halogenated alkanes) is 1.